The number of benzene rings is 1. The van der Waals surface area contributed by atoms with E-state index in [1.807, 2.05) is 23.6 Å². The molecule has 0 atom stereocenters. The maximum atomic E-state index is 11.5. The molecule has 1 aromatic carbocycles. The SMILES string of the molecule is CCCCOc1cc(/C=C(\C(=O)O)c2cccs2)ccc1OC. The first-order valence-corrected chi connectivity index (χ1v) is 8.33. The second kappa shape index (κ2) is 8.39. The van der Waals surface area contributed by atoms with Gasteiger partial charge in [0.2, 0.25) is 0 Å². The maximum absolute atomic E-state index is 11.5. The first-order chi connectivity index (χ1) is 11.2. The summed E-state index contributed by atoms with van der Waals surface area (Å²) in [4.78, 5) is 12.2. The van der Waals surface area contributed by atoms with Crippen LogP contribution in [0.15, 0.2) is 35.7 Å². The second-order valence-corrected chi connectivity index (χ2v) is 5.90. The molecule has 1 aromatic heterocycles. The number of aliphatic carboxylic acids is 1. The molecule has 0 fully saturated rings. The molecule has 0 saturated carbocycles. The molecule has 0 amide bonds. The molecule has 23 heavy (non-hydrogen) atoms. The summed E-state index contributed by atoms with van der Waals surface area (Å²) in [6.07, 6.45) is 3.66. The minimum absolute atomic E-state index is 0.268. The first kappa shape index (κ1) is 17.1. The van der Waals surface area contributed by atoms with E-state index in [4.69, 9.17) is 9.47 Å². The lowest BCUT2D eigenvalue weighted by molar-refractivity contribution is -0.130. The van der Waals surface area contributed by atoms with Gasteiger partial charge in [0.05, 0.1) is 19.3 Å². The summed E-state index contributed by atoms with van der Waals surface area (Å²) in [6, 6.07) is 9.06. The summed E-state index contributed by atoms with van der Waals surface area (Å²) in [5.41, 5.74) is 1.03. The monoisotopic (exact) mass is 332 g/mol. The van der Waals surface area contributed by atoms with Gasteiger partial charge < -0.3 is 14.6 Å². The molecule has 122 valence electrons. The molecule has 0 unspecified atom stereocenters. The Hall–Kier alpha value is -2.27. The van der Waals surface area contributed by atoms with Crippen molar-refractivity contribution in [2.24, 2.45) is 0 Å². The number of rotatable bonds is 8. The van der Waals surface area contributed by atoms with Gasteiger partial charge in [0.15, 0.2) is 11.5 Å². The van der Waals surface area contributed by atoms with Crippen LogP contribution in [0.1, 0.15) is 30.2 Å². The topological polar surface area (TPSA) is 55.8 Å². The number of carbonyl (C=O) groups is 1. The fraction of sp³-hybridized carbons (Fsp3) is 0.278. The van der Waals surface area contributed by atoms with Gasteiger partial charge >= 0.3 is 5.97 Å². The fourth-order valence-corrected chi connectivity index (χ4v) is 2.79. The van der Waals surface area contributed by atoms with Crippen LogP contribution in [0.2, 0.25) is 0 Å². The van der Waals surface area contributed by atoms with Crippen molar-refractivity contribution < 1.29 is 19.4 Å². The Morgan fingerprint density at radius 2 is 2.13 bits per heavy atom. The van der Waals surface area contributed by atoms with E-state index >= 15 is 0 Å². The van der Waals surface area contributed by atoms with E-state index in [0.29, 0.717) is 18.1 Å². The van der Waals surface area contributed by atoms with E-state index < -0.39 is 5.97 Å². The number of methoxy groups -OCH3 is 1. The smallest absolute Gasteiger partial charge is 0.337 e. The largest absolute Gasteiger partial charge is 0.493 e. The summed E-state index contributed by atoms with van der Waals surface area (Å²) < 4.78 is 11.0. The normalized spacial score (nSPS) is 11.3. The van der Waals surface area contributed by atoms with Gasteiger partial charge in [0.1, 0.15) is 0 Å². The second-order valence-electron chi connectivity index (χ2n) is 4.95. The van der Waals surface area contributed by atoms with Gasteiger partial charge in [-0.1, -0.05) is 25.5 Å². The van der Waals surface area contributed by atoms with Gasteiger partial charge in [0, 0.05) is 4.88 Å². The predicted molar refractivity (Wildman–Crippen MR) is 93.2 cm³/mol. The van der Waals surface area contributed by atoms with Crippen molar-refractivity contribution in [3.8, 4) is 11.5 Å². The Labute approximate surface area is 140 Å². The van der Waals surface area contributed by atoms with Crippen molar-refractivity contribution in [1.29, 1.82) is 0 Å². The Bertz CT molecular complexity index is 674. The van der Waals surface area contributed by atoms with E-state index in [0.717, 1.165) is 23.3 Å². The summed E-state index contributed by atoms with van der Waals surface area (Å²) in [5.74, 6) is 0.327. The van der Waals surface area contributed by atoms with Crippen molar-refractivity contribution in [3.05, 3.63) is 46.2 Å². The Morgan fingerprint density at radius 1 is 1.30 bits per heavy atom. The average Bonchev–Trinajstić information content (AvgIpc) is 3.07. The van der Waals surface area contributed by atoms with Gasteiger partial charge in [0.25, 0.3) is 0 Å². The fourth-order valence-electron chi connectivity index (χ4n) is 2.06. The highest BCUT2D eigenvalue weighted by Crippen LogP contribution is 2.31. The van der Waals surface area contributed by atoms with Crippen LogP contribution in [0.3, 0.4) is 0 Å². The highest BCUT2D eigenvalue weighted by Gasteiger charge is 2.12. The Balaban J connectivity index is 2.32. The van der Waals surface area contributed by atoms with Crippen LogP contribution < -0.4 is 9.47 Å². The number of unbranched alkanes of at least 4 members (excludes halogenated alkanes) is 1. The van der Waals surface area contributed by atoms with Crippen molar-refractivity contribution in [2.75, 3.05) is 13.7 Å². The van der Waals surface area contributed by atoms with E-state index in [9.17, 15) is 9.90 Å². The molecule has 1 heterocycles. The minimum Gasteiger partial charge on any atom is -0.493 e. The summed E-state index contributed by atoms with van der Waals surface area (Å²) in [7, 11) is 1.59. The highest BCUT2D eigenvalue weighted by molar-refractivity contribution is 7.11. The van der Waals surface area contributed by atoms with Crippen LogP contribution in [-0.4, -0.2) is 24.8 Å². The van der Waals surface area contributed by atoms with Crippen molar-refractivity contribution in [2.45, 2.75) is 19.8 Å². The van der Waals surface area contributed by atoms with Crippen molar-refractivity contribution in [1.82, 2.24) is 0 Å². The van der Waals surface area contributed by atoms with Crippen LogP contribution in [-0.2, 0) is 4.79 Å². The third kappa shape index (κ3) is 4.60. The lowest BCUT2D eigenvalue weighted by atomic mass is 10.1. The number of hydrogen-bond acceptors (Lipinski definition) is 4. The first-order valence-electron chi connectivity index (χ1n) is 7.45. The van der Waals surface area contributed by atoms with Crippen LogP contribution in [0.4, 0.5) is 0 Å². The van der Waals surface area contributed by atoms with Gasteiger partial charge in [-0.3, -0.25) is 0 Å². The molecule has 5 heteroatoms. The summed E-state index contributed by atoms with van der Waals surface area (Å²) in [6.45, 7) is 2.71. The zero-order chi connectivity index (χ0) is 16.7. The van der Waals surface area contributed by atoms with Gasteiger partial charge in [-0.15, -0.1) is 11.3 Å². The molecule has 0 saturated heterocycles. The predicted octanol–water partition coefficient (Wildman–Crippen LogP) is 4.56. The Morgan fingerprint density at radius 3 is 2.74 bits per heavy atom. The van der Waals surface area contributed by atoms with Gasteiger partial charge in [-0.2, -0.15) is 0 Å². The lowest BCUT2D eigenvalue weighted by Crippen LogP contribution is -2.00. The molecule has 0 spiro atoms. The van der Waals surface area contributed by atoms with E-state index in [1.165, 1.54) is 11.3 Å². The zero-order valence-corrected chi connectivity index (χ0v) is 14.1. The number of carboxylic acids is 1. The third-order valence-electron chi connectivity index (χ3n) is 3.27. The van der Waals surface area contributed by atoms with Crippen LogP contribution in [0.25, 0.3) is 11.6 Å². The molecule has 0 aliphatic carbocycles. The third-order valence-corrected chi connectivity index (χ3v) is 4.17. The summed E-state index contributed by atoms with van der Waals surface area (Å²) in [5, 5.41) is 11.3. The quantitative estimate of drug-likeness (QED) is 0.569. The molecule has 2 aromatic rings. The van der Waals surface area contributed by atoms with Crippen molar-refractivity contribution in [3.63, 3.8) is 0 Å². The molecule has 0 radical (unpaired) electrons. The Kier molecular flexibility index (Phi) is 6.23. The lowest BCUT2D eigenvalue weighted by Gasteiger charge is -2.11. The molecule has 0 bridgehead atoms. The number of hydrogen-bond donors (Lipinski definition) is 1. The summed E-state index contributed by atoms with van der Waals surface area (Å²) >= 11 is 1.40. The number of thiophene rings is 1. The molecule has 1 N–H and O–H groups in total. The van der Waals surface area contributed by atoms with Crippen LogP contribution in [0, 0.1) is 0 Å². The standard InChI is InChI=1S/C18H20O4S/c1-3-4-9-22-16-12-13(7-8-15(16)21-2)11-14(18(19)20)17-6-5-10-23-17/h5-8,10-12H,3-4,9H2,1-2H3,(H,19,20)/b14-11-. The molecular formula is C18H20O4S. The molecular weight excluding hydrogens is 312 g/mol. The van der Waals surface area contributed by atoms with Crippen LogP contribution in [0.5, 0.6) is 11.5 Å². The van der Waals surface area contributed by atoms with E-state index in [2.05, 4.69) is 6.92 Å². The van der Waals surface area contributed by atoms with Gasteiger partial charge in [-0.05, 0) is 41.6 Å². The van der Waals surface area contributed by atoms with E-state index in [-0.39, 0.29) is 5.57 Å². The van der Waals surface area contributed by atoms with Crippen LogP contribution >= 0.6 is 11.3 Å². The van der Waals surface area contributed by atoms with Crippen molar-refractivity contribution >= 4 is 29.0 Å². The molecule has 0 aliphatic rings. The maximum Gasteiger partial charge on any atom is 0.337 e. The molecule has 0 aliphatic heterocycles. The number of carboxylic acid groups (broad SMARTS) is 1. The minimum atomic E-state index is -0.947. The average molecular weight is 332 g/mol. The molecule has 2 rings (SSSR count). The molecule has 4 nitrogen and oxygen atoms in total. The zero-order valence-electron chi connectivity index (χ0n) is 13.2. The van der Waals surface area contributed by atoms with E-state index in [1.54, 1.807) is 25.3 Å². The highest BCUT2D eigenvalue weighted by atomic mass is 32.1. The van der Waals surface area contributed by atoms with Gasteiger partial charge in [-0.25, -0.2) is 4.79 Å². The number of ether oxygens (including phenoxy) is 2.